The molecule has 0 saturated carbocycles. The summed E-state index contributed by atoms with van der Waals surface area (Å²) in [6.45, 7) is 1.43. The molecule has 0 atom stereocenters. The predicted molar refractivity (Wildman–Crippen MR) is 86.7 cm³/mol. The maximum atomic E-state index is 5.84. The molecule has 0 spiro atoms. The smallest absolute Gasteiger partial charge is 0.135 e. The van der Waals surface area contributed by atoms with Gasteiger partial charge in [0.2, 0.25) is 0 Å². The van der Waals surface area contributed by atoms with Crippen molar-refractivity contribution in [2.75, 3.05) is 0 Å². The molecule has 0 unspecified atom stereocenters. The number of nitrogens with two attached hydrogens (primary N) is 1. The van der Waals surface area contributed by atoms with Gasteiger partial charge in [-0.15, -0.1) is 0 Å². The lowest BCUT2D eigenvalue weighted by Gasteiger charge is -2.04. The molecule has 2 aromatic carbocycles. The highest BCUT2D eigenvalue weighted by Crippen LogP contribution is 2.26. The van der Waals surface area contributed by atoms with Gasteiger partial charge in [-0.25, -0.2) is 0 Å². The lowest BCUT2D eigenvalue weighted by atomic mass is 10.1. The number of benzene rings is 2. The molecule has 108 valence electrons. The summed E-state index contributed by atoms with van der Waals surface area (Å²) in [6, 6.07) is 16.0. The van der Waals surface area contributed by atoms with Crippen LogP contribution in [0.15, 0.2) is 57.4 Å². The first kappa shape index (κ1) is 14.3. The van der Waals surface area contributed by atoms with Crippen LogP contribution in [0.5, 0.6) is 0 Å². The monoisotopic (exact) mass is 345 g/mol. The largest absolute Gasteiger partial charge is 0.458 e. The van der Waals surface area contributed by atoms with Gasteiger partial charge in [0.1, 0.15) is 18.0 Å². The fourth-order valence-electron chi connectivity index (χ4n) is 2.33. The van der Waals surface area contributed by atoms with Gasteiger partial charge in [-0.2, -0.15) is 0 Å². The standard InChI is InChI=1S/C17H16BrNO2/c18-13-7-5-12(6-8-13)10-20-11-17-15(9-19)14-3-1-2-4-16(14)21-17/h1-8H,9-11,19H2. The van der Waals surface area contributed by atoms with E-state index in [4.69, 9.17) is 14.9 Å². The molecule has 0 radical (unpaired) electrons. The Balaban J connectivity index is 1.71. The molecule has 21 heavy (non-hydrogen) atoms. The van der Waals surface area contributed by atoms with Gasteiger partial charge in [0.15, 0.2) is 0 Å². The molecule has 1 heterocycles. The summed E-state index contributed by atoms with van der Waals surface area (Å²) in [4.78, 5) is 0. The maximum absolute atomic E-state index is 5.84. The van der Waals surface area contributed by atoms with Gasteiger partial charge in [0.25, 0.3) is 0 Å². The highest BCUT2D eigenvalue weighted by atomic mass is 79.9. The van der Waals surface area contributed by atoms with E-state index in [0.717, 1.165) is 32.3 Å². The van der Waals surface area contributed by atoms with Crippen LogP contribution in [0.3, 0.4) is 0 Å². The van der Waals surface area contributed by atoms with Gasteiger partial charge in [-0.05, 0) is 23.8 Å². The molecule has 3 aromatic rings. The van der Waals surface area contributed by atoms with E-state index in [2.05, 4.69) is 15.9 Å². The number of fused-ring (bicyclic) bond motifs is 1. The van der Waals surface area contributed by atoms with Crippen LogP contribution in [-0.2, 0) is 24.5 Å². The van der Waals surface area contributed by atoms with Crippen LogP contribution in [0.2, 0.25) is 0 Å². The van der Waals surface area contributed by atoms with Crippen molar-refractivity contribution >= 4 is 26.9 Å². The van der Waals surface area contributed by atoms with E-state index in [0.29, 0.717) is 19.8 Å². The summed E-state index contributed by atoms with van der Waals surface area (Å²) >= 11 is 3.42. The summed E-state index contributed by atoms with van der Waals surface area (Å²) in [5, 5.41) is 1.07. The highest BCUT2D eigenvalue weighted by Gasteiger charge is 2.12. The minimum absolute atomic E-state index is 0.428. The van der Waals surface area contributed by atoms with E-state index in [1.54, 1.807) is 0 Å². The van der Waals surface area contributed by atoms with Crippen LogP contribution in [0.1, 0.15) is 16.9 Å². The molecule has 0 aliphatic carbocycles. The van der Waals surface area contributed by atoms with Crippen molar-refractivity contribution in [3.63, 3.8) is 0 Å². The molecule has 3 nitrogen and oxygen atoms in total. The first-order valence-electron chi connectivity index (χ1n) is 6.79. The van der Waals surface area contributed by atoms with E-state index in [-0.39, 0.29) is 0 Å². The van der Waals surface area contributed by atoms with E-state index < -0.39 is 0 Å². The van der Waals surface area contributed by atoms with Gasteiger partial charge in [-0.1, -0.05) is 46.3 Å². The van der Waals surface area contributed by atoms with Crippen molar-refractivity contribution in [3.8, 4) is 0 Å². The SMILES string of the molecule is NCc1c(COCc2ccc(Br)cc2)oc2ccccc12. The lowest BCUT2D eigenvalue weighted by Crippen LogP contribution is -2.01. The Morgan fingerprint density at radius 3 is 2.52 bits per heavy atom. The van der Waals surface area contributed by atoms with Crippen LogP contribution < -0.4 is 5.73 Å². The Hall–Kier alpha value is -1.62. The van der Waals surface area contributed by atoms with Crippen LogP contribution in [0.4, 0.5) is 0 Å². The number of furan rings is 1. The number of hydrogen-bond donors (Lipinski definition) is 1. The quantitative estimate of drug-likeness (QED) is 0.746. The molecular weight excluding hydrogens is 330 g/mol. The van der Waals surface area contributed by atoms with Crippen LogP contribution in [0.25, 0.3) is 11.0 Å². The zero-order chi connectivity index (χ0) is 14.7. The average molecular weight is 346 g/mol. The molecule has 0 bridgehead atoms. The van der Waals surface area contributed by atoms with Crippen molar-refractivity contribution in [1.82, 2.24) is 0 Å². The van der Waals surface area contributed by atoms with E-state index in [1.165, 1.54) is 0 Å². The van der Waals surface area contributed by atoms with Crippen LogP contribution in [-0.4, -0.2) is 0 Å². The van der Waals surface area contributed by atoms with Crippen molar-refractivity contribution in [2.24, 2.45) is 5.73 Å². The molecule has 0 saturated heterocycles. The second-order valence-corrected chi connectivity index (χ2v) is 5.74. The Morgan fingerprint density at radius 2 is 1.76 bits per heavy atom. The van der Waals surface area contributed by atoms with Gasteiger partial charge in [-0.3, -0.25) is 0 Å². The van der Waals surface area contributed by atoms with E-state index in [1.807, 2.05) is 48.5 Å². The van der Waals surface area contributed by atoms with Crippen molar-refractivity contribution < 1.29 is 9.15 Å². The van der Waals surface area contributed by atoms with Crippen molar-refractivity contribution in [3.05, 3.63) is 69.9 Å². The average Bonchev–Trinajstić information content (AvgIpc) is 2.86. The summed E-state index contributed by atoms with van der Waals surface area (Å²) < 4.78 is 12.7. The minimum atomic E-state index is 0.428. The van der Waals surface area contributed by atoms with Crippen LogP contribution >= 0.6 is 15.9 Å². The minimum Gasteiger partial charge on any atom is -0.458 e. The third-order valence-electron chi connectivity index (χ3n) is 3.40. The number of ether oxygens (including phenoxy) is 1. The zero-order valence-electron chi connectivity index (χ0n) is 11.5. The number of para-hydroxylation sites is 1. The van der Waals surface area contributed by atoms with E-state index in [9.17, 15) is 0 Å². The molecular formula is C17H16BrNO2. The molecule has 0 aliphatic rings. The first-order chi connectivity index (χ1) is 10.3. The second-order valence-electron chi connectivity index (χ2n) is 4.82. The number of halogens is 1. The maximum Gasteiger partial charge on any atom is 0.135 e. The molecule has 0 amide bonds. The number of hydrogen-bond acceptors (Lipinski definition) is 3. The van der Waals surface area contributed by atoms with Crippen molar-refractivity contribution in [1.29, 1.82) is 0 Å². The summed E-state index contributed by atoms with van der Waals surface area (Å²) in [7, 11) is 0. The second kappa shape index (κ2) is 6.43. The molecule has 0 fully saturated rings. The topological polar surface area (TPSA) is 48.4 Å². The third-order valence-corrected chi connectivity index (χ3v) is 3.93. The molecule has 1 aromatic heterocycles. The summed E-state index contributed by atoms with van der Waals surface area (Å²) in [6.07, 6.45) is 0. The van der Waals surface area contributed by atoms with Crippen LogP contribution in [0, 0.1) is 0 Å². The third kappa shape index (κ3) is 3.18. The Labute approximate surface area is 131 Å². The van der Waals surface area contributed by atoms with Gasteiger partial charge < -0.3 is 14.9 Å². The molecule has 0 aliphatic heterocycles. The molecule has 4 heteroatoms. The van der Waals surface area contributed by atoms with Gasteiger partial charge in [0.05, 0.1) is 6.61 Å². The Kier molecular flexibility index (Phi) is 4.39. The zero-order valence-corrected chi connectivity index (χ0v) is 13.1. The Bertz CT molecular complexity index is 734. The summed E-state index contributed by atoms with van der Waals surface area (Å²) in [5.74, 6) is 0.816. The Morgan fingerprint density at radius 1 is 1.00 bits per heavy atom. The predicted octanol–water partition coefficient (Wildman–Crippen LogP) is 4.37. The van der Waals surface area contributed by atoms with Gasteiger partial charge in [0, 0.05) is 22.0 Å². The lowest BCUT2D eigenvalue weighted by molar-refractivity contribution is 0.0933. The normalized spacial score (nSPS) is 11.1. The highest BCUT2D eigenvalue weighted by molar-refractivity contribution is 9.10. The van der Waals surface area contributed by atoms with E-state index >= 15 is 0 Å². The molecule has 3 rings (SSSR count). The fraction of sp³-hybridized carbons (Fsp3) is 0.176. The fourth-order valence-corrected chi connectivity index (χ4v) is 2.60. The van der Waals surface area contributed by atoms with Gasteiger partial charge >= 0.3 is 0 Å². The summed E-state index contributed by atoms with van der Waals surface area (Å²) in [5.41, 5.74) is 8.86. The molecule has 2 N–H and O–H groups in total. The van der Waals surface area contributed by atoms with Crippen molar-refractivity contribution in [2.45, 2.75) is 19.8 Å². The number of rotatable bonds is 5. The first-order valence-corrected chi connectivity index (χ1v) is 7.59.